The Hall–Kier alpha value is -0.960. The summed E-state index contributed by atoms with van der Waals surface area (Å²) in [5.74, 6) is -3.86. The van der Waals surface area contributed by atoms with Crippen molar-refractivity contribution in [2.24, 2.45) is 10.8 Å². The Labute approximate surface area is 244 Å². The van der Waals surface area contributed by atoms with Gasteiger partial charge in [-0.05, 0) is 12.8 Å². The minimum Gasteiger partial charge on any atom is -0.481 e. The molecule has 0 aliphatic heterocycles. The fraction of sp³-hybridized carbons (Fsp3) is 0.800. The van der Waals surface area contributed by atoms with Crippen LogP contribution in [0.4, 0.5) is 0 Å². The molecule has 38 heavy (non-hydrogen) atoms. The average Bonchev–Trinajstić information content (AvgIpc) is 2.93. The van der Waals surface area contributed by atoms with E-state index in [2.05, 4.69) is 50.5 Å². The largest absolute Gasteiger partial charge is 0.481 e. The first-order valence-electron chi connectivity index (χ1n) is 10.5. The van der Waals surface area contributed by atoms with Crippen LogP contribution in [0.25, 0.3) is 0 Å². The van der Waals surface area contributed by atoms with E-state index in [9.17, 15) is 19.2 Å². The fourth-order valence-electron chi connectivity index (χ4n) is 0.971. The molecular formula is C20H44O14S4. The molecule has 0 aromatic carbocycles. The third kappa shape index (κ3) is 42.1. The number of carbonyl (C=O) groups is 4. The number of thiol groups is 4. The monoisotopic (exact) mass is 636 g/mol. The summed E-state index contributed by atoms with van der Waals surface area (Å²) in [5.41, 5.74) is -1.33. The summed E-state index contributed by atoms with van der Waals surface area (Å²) in [6.45, 7) is 2.71. The van der Waals surface area contributed by atoms with Crippen molar-refractivity contribution in [3.8, 4) is 0 Å². The normalized spacial score (nSPS) is 9.58. The molecule has 232 valence electrons. The molecule has 14 nitrogen and oxygen atoms in total. The summed E-state index contributed by atoms with van der Waals surface area (Å²) in [5, 5.41) is 82.5. The van der Waals surface area contributed by atoms with Crippen molar-refractivity contribution < 1.29 is 70.2 Å². The second kappa shape index (κ2) is 36.0. The molecule has 0 atom stereocenters. The van der Waals surface area contributed by atoms with Crippen molar-refractivity contribution in [3.05, 3.63) is 0 Å². The van der Waals surface area contributed by atoms with Gasteiger partial charge in [-0.3, -0.25) is 19.2 Å². The number of aliphatic hydroxyl groups excluding tert-OH is 6. The summed E-state index contributed by atoms with van der Waals surface area (Å²) < 4.78 is 0. The number of aliphatic carboxylic acids is 4. The molecule has 0 aromatic heterocycles. The molecule has 0 heterocycles. The highest BCUT2D eigenvalue weighted by atomic mass is 32.1. The van der Waals surface area contributed by atoms with Gasteiger partial charge >= 0.3 is 23.9 Å². The smallest absolute Gasteiger partial charge is 0.313 e. The zero-order valence-electron chi connectivity index (χ0n) is 21.4. The first-order chi connectivity index (χ1) is 17.6. The van der Waals surface area contributed by atoms with Crippen LogP contribution in [-0.4, -0.2) is 138 Å². The van der Waals surface area contributed by atoms with Crippen molar-refractivity contribution in [2.75, 3.05) is 62.7 Å². The summed E-state index contributed by atoms with van der Waals surface area (Å²) in [6.07, 6.45) is 1.19. The van der Waals surface area contributed by atoms with Crippen molar-refractivity contribution in [1.29, 1.82) is 0 Å². The zero-order chi connectivity index (χ0) is 31.8. The quantitative estimate of drug-likeness (QED) is 0.111. The van der Waals surface area contributed by atoms with E-state index < -0.39 is 34.7 Å². The highest BCUT2D eigenvalue weighted by molar-refractivity contribution is 7.81. The second-order valence-electron chi connectivity index (χ2n) is 6.86. The van der Waals surface area contributed by atoms with E-state index in [0.29, 0.717) is 12.8 Å². The molecular weight excluding hydrogens is 592 g/mol. The summed E-state index contributed by atoms with van der Waals surface area (Å²) in [7, 11) is 0. The second-order valence-corrected chi connectivity index (χ2v) is 8.13. The van der Waals surface area contributed by atoms with Crippen LogP contribution >= 0.6 is 50.5 Å². The van der Waals surface area contributed by atoms with Crippen LogP contribution in [0.3, 0.4) is 0 Å². The number of carboxylic acids is 4. The van der Waals surface area contributed by atoms with Crippen molar-refractivity contribution >= 4 is 74.4 Å². The summed E-state index contributed by atoms with van der Waals surface area (Å²) in [4.78, 5) is 37.2. The van der Waals surface area contributed by atoms with E-state index in [4.69, 9.17) is 51.1 Å². The highest BCUT2D eigenvalue weighted by Crippen LogP contribution is 2.18. The van der Waals surface area contributed by atoms with E-state index in [-0.39, 0.29) is 62.7 Å². The first-order valence-corrected chi connectivity index (χ1v) is 13.1. The Kier molecular flexibility index (Phi) is 47.4. The number of rotatable bonds is 12. The third-order valence-corrected chi connectivity index (χ3v) is 5.14. The summed E-state index contributed by atoms with van der Waals surface area (Å²) >= 11 is 13.7. The van der Waals surface area contributed by atoms with Crippen LogP contribution in [-0.2, 0) is 19.2 Å². The number of aliphatic hydroxyl groups is 6. The SMILES string of the molecule is CCC(CO)(CO)CO.CCC(CO)(CO)CO.O=C(O)CS.O=C(O)CS.O=C(O)CS.O=C(O)CS. The molecule has 0 saturated heterocycles. The van der Waals surface area contributed by atoms with Crippen LogP contribution in [0, 0.1) is 10.8 Å². The summed E-state index contributed by atoms with van der Waals surface area (Å²) in [6, 6.07) is 0. The maximum atomic E-state index is 9.29. The van der Waals surface area contributed by atoms with Gasteiger partial charge in [-0.15, -0.1) is 0 Å². The van der Waals surface area contributed by atoms with Gasteiger partial charge in [-0.25, -0.2) is 0 Å². The molecule has 0 aliphatic rings. The van der Waals surface area contributed by atoms with Gasteiger partial charge in [0.2, 0.25) is 0 Å². The van der Waals surface area contributed by atoms with Crippen LogP contribution in [0.2, 0.25) is 0 Å². The van der Waals surface area contributed by atoms with E-state index in [1.165, 1.54) is 0 Å². The average molecular weight is 637 g/mol. The lowest BCUT2D eigenvalue weighted by molar-refractivity contribution is -0.134. The third-order valence-electron chi connectivity index (χ3n) is 4.05. The van der Waals surface area contributed by atoms with E-state index in [1.807, 2.05) is 13.8 Å². The maximum absolute atomic E-state index is 9.29. The van der Waals surface area contributed by atoms with Gasteiger partial charge in [0.15, 0.2) is 0 Å². The Balaban J connectivity index is -0.0000000829. The predicted molar refractivity (Wildman–Crippen MR) is 154 cm³/mol. The number of carboxylic acid groups (broad SMARTS) is 4. The van der Waals surface area contributed by atoms with E-state index in [0.717, 1.165) is 0 Å². The fourth-order valence-corrected chi connectivity index (χ4v) is 0.971. The highest BCUT2D eigenvalue weighted by Gasteiger charge is 2.25. The van der Waals surface area contributed by atoms with Gasteiger partial charge < -0.3 is 51.1 Å². The lowest BCUT2D eigenvalue weighted by Crippen LogP contribution is -2.32. The Morgan fingerprint density at radius 1 is 0.447 bits per heavy atom. The maximum Gasteiger partial charge on any atom is 0.313 e. The topological polar surface area (TPSA) is 271 Å². The molecule has 10 N–H and O–H groups in total. The molecule has 0 saturated carbocycles. The van der Waals surface area contributed by atoms with Crippen molar-refractivity contribution in [2.45, 2.75) is 26.7 Å². The molecule has 0 spiro atoms. The lowest BCUT2D eigenvalue weighted by Gasteiger charge is -2.24. The van der Waals surface area contributed by atoms with Crippen molar-refractivity contribution in [3.63, 3.8) is 0 Å². The van der Waals surface area contributed by atoms with Gasteiger partial charge in [0, 0.05) is 10.8 Å². The molecule has 0 rings (SSSR count). The minimum absolute atomic E-state index is 0.0833. The molecule has 18 heteroatoms. The minimum atomic E-state index is -0.881. The molecule has 0 bridgehead atoms. The zero-order valence-corrected chi connectivity index (χ0v) is 25.0. The Morgan fingerprint density at radius 2 is 0.553 bits per heavy atom. The predicted octanol–water partition coefficient (Wildman–Crippen LogP) is -1.28. The van der Waals surface area contributed by atoms with Crippen molar-refractivity contribution in [1.82, 2.24) is 0 Å². The van der Waals surface area contributed by atoms with Crippen LogP contribution in [0.1, 0.15) is 26.7 Å². The molecule has 0 fully saturated rings. The molecule has 0 aromatic rings. The number of hydrogen-bond donors (Lipinski definition) is 14. The Morgan fingerprint density at radius 3 is 0.553 bits per heavy atom. The van der Waals surface area contributed by atoms with E-state index >= 15 is 0 Å². The lowest BCUT2D eigenvalue weighted by atomic mass is 9.88. The Bertz CT molecular complexity index is 449. The standard InChI is InChI=1S/2C6H14O3.4C2H4O2S/c2*1-2-6(3-7,4-8)5-9;4*3-2(4)1-5/h2*7-9H,2-5H2,1H3;4*5H,1H2,(H,3,4). The van der Waals surface area contributed by atoms with Gasteiger partial charge in [0.25, 0.3) is 0 Å². The first kappa shape index (κ1) is 49.9. The van der Waals surface area contributed by atoms with Gasteiger partial charge in [-0.2, -0.15) is 50.5 Å². The van der Waals surface area contributed by atoms with Gasteiger partial charge in [-0.1, -0.05) is 13.8 Å². The van der Waals surface area contributed by atoms with Gasteiger partial charge in [0.1, 0.15) is 0 Å². The molecule has 0 unspecified atom stereocenters. The number of hydrogen-bond acceptors (Lipinski definition) is 14. The molecule has 0 radical (unpaired) electrons. The van der Waals surface area contributed by atoms with Crippen LogP contribution in [0.5, 0.6) is 0 Å². The van der Waals surface area contributed by atoms with Crippen LogP contribution in [0.15, 0.2) is 0 Å². The van der Waals surface area contributed by atoms with Crippen LogP contribution < -0.4 is 0 Å². The molecule has 0 aliphatic carbocycles. The van der Waals surface area contributed by atoms with Gasteiger partial charge in [0.05, 0.1) is 62.7 Å². The molecule has 0 amide bonds. The van der Waals surface area contributed by atoms with E-state index in [1.54, 1.807) is 0 Å².